The van der Waals surface area contributed by atoms with Crippen LogP contribution in [0.3, 0.4) is 0 Å². The van der Waals surface area contributed by atoms with Gasteiger partial charge in [0.25, 0.3) is 5.91 Å². The van der Waals surface area contributed by atoms with Crippen molar-refractivity contribution in [3.8, 4) is 5.75 Å². The molecular formula is C23H21Cl2FN2O3S. The average Bonchev–Trinajstić information content (AvgIpc) is 3.19. The summed E-state index contributed by atoms with van der Waals surface area (Å²) >= 11 is 13.0. The maximum Gasteiger partial charge on any atom is 0.280 e. The number of benzene rings is 2. The molecule has 2 aromatic carbocycles. The number of amides is 1. The Morgan fingerprint density at radius 2 is 1.91 bits per heavy atom. The molecule has 0 unspecified atom stereocenters. The predicted octanol–water partition coefficient (Wildman–Crippen LogP) is 6.07. The van der Waals surface area contributed by atoms with Crippen molar-refractivity contribution in [3.05, 3.63) is 57.3 Å². The zero-order valence-corrected chi connectivity index (χ0v) is 19.4. The van der Waals surface area contributed by atoms with E-state index in [2.05, 4.69) is 10.3 Å². The number of carbonyl (C=O) groups is 2. The molecule has 1 saturated carbocycles. The second-order valence-electron chi connectivity index (χ2n) is 7.93. The van der Waals surface area contributed by atoms with Crippen molar-refractivity contribution in [3.63, 3.8) is 0 Å². The first-order valence-electron chi connectivity index (χ1n) is 10.3. The van der Waals surface area contributed by atoms with Crippen molar-refractivity contribution in [2.24, 2.45) is 5.92 Å². The Hall–Kier alpha value is -2.22. The van der Waals surface area contributed by atoms with Gasteiger partial charge in [0, 0.05) is 23.6 Å². The van der Waals surface area contributed by atoms with Gasteiger partial charge in [-0.05, 0) is 61.9 Å². The first kappa shape index (κ1) is 23.0. The number of rotatable bonds is 7. The minimum absolute atomic E-state index is 0.0139. The third kappa shape index (κ3) is 5.77. The van der Waals surface area contributed by atoms with Crippen LogP contribution in [0.5, 0.6) is 5.75 Å². The lowest BCUT2D eigenvalue weighted by Crippen LogP contribution is -2.38. The van der Waals surface area contributed by atoms with E-state index in [1.165, 1.54) is 29.5 Å². The van der Waals surface area contributed by atoms with E-state index in [9.17, 15) is 14.0 Å². The molecule has 4 rings (SSSR count). The molecule has 1 aliphatic carbocycles. The van der Waals surface area contributed by atoms with E-state index >= 15 is 0 Å². The lowest BCUT2D eigenvalue weighted by atomic mass is 9.83. The normalized spacial score (nSPS) is 18.5. The van der Waals surface area contributed by atoms with E-state index in [0.29, 0.717) is 16.5 Å². The fourth-order valence-electron chi connectivity index (χ4n) is 3.86. The molecule has 9 heteroatoms. The van der Waals surface area contributed by atoms with Gasteiger partial charge >= 0.3 is 0 Å². The van der Waals surface area contributed by atoms with Gasteiger partial charge in [-0.15, -0.1) is 11.3 Å². The Morgan fingerprint density at radius 1 is 1.12 bits per heavy atom. The van der Waals surface area contributed by atoms with Gasteiger partial charge in [-0.2, -0.15) is 0 Å². The van der Waals surface area contributed by atoms with Crippen molar-refractivity contribution in [2.75, 3.05) is 6.61 Å². The number of fused-ring (bicyclic) bond motifs is 1. The third-order valence-corrected chi connectivity index (χ3v) is 7.09. The average molecular weight is 495 g/mol. The Labute approximate surface area is 198 Å². The molecule has 1 fully saturated rings. The minimum Gasteiger partial charge on any atom is -0.486 e. The Morgan fingerprint density at radius 3 is 2.66 bits per heavy atom. The van der Waals surface area contributed by atoms with Gasteiger partial charge in [-0.3, -0.25) is 9.59 Å². The molecule has 5 nitrogen and oxygen atoms in total. The van der Waals surface area contributed by atoms with E-state index < -0.39 is 5.82 Å². The number of ether oxygens (including phenoxy) is 1. The van der Waals surface area contributed by atoms with E-state index in [1.807, 2.05) is 0 Å². The van der Waals surface area contributed by atoms with Crippen molar-refractivity contribution >= 4 is 56.4 Å². The lowest BCUT2D eigenvalue weighted by Gasteiger charge is -2.28. The van der Waals surface area contributed by atoms with E-state index in [0.717, 1.165) is 35.9 Å². The summed E-state index contributed by atoms with van der Waals surface area (Å²) in [6.45, 7) is -0.0979. The predicted molar refractivity (Wildman–Crippen MR) is 124 cm³/mol. The van der Waals surface area contributed by atoms with Crippen molar-refractivity contribution in [2.45, 2.75) is 38.1 Å². The SMILES string of the molecule is O=C(COc1ccc(Cl)c(F)c1)CC1CCC(NC(=O)c2nc3ccc(Cl)cc3s2)CC1. The lowest BCUT2D eigenvalue weighted by molar-refractivity contribution is -0.122. The molecule has 32 heavy (non-hydrogen) atoms. The maximum atomic E-state index is 13.4. The molecule has 0 saturated heterocycles. The van der Waals surface area contributed by atoms with Gasteiger partial charge in [-0.25, -0.2) is 9.37 Å². The first-order valence-corrected chi connectivity index (χ1v) is 11.9. The minimum atomic E-state index is -0.577. The number of carbonyl (C=O) groups excluding carboxylic acids is 2. The highest BCUT2D eigenvalue weighted by Crippen LogP contribution is 2.29. The number of hydrogen-bond acceptors (Lipinski definition) is 5. The van der Waals surface area contributed by atoms with Gasteiger partial charge < -0.3 is 10.1 Å². The van der Waals surface area contributed by atoms with Crippen molar-refractivity contribution in [1.82, 2.24) is 10.3 Å². The van der Waals surface area contributed by atoms with Crippen LogP contribution in [0.4, 0.5) is 4.39 Å². The van der Waals surface area contributed by atoms with Crippen LogP contribution >= 0.6 is 34.5 Å². The summed E-state index contributed by atoms with van der Waals surface area (Å²) in [6, 6.07) is 9.54. The molecule has 1 heterocycles. The zero-order valence-electron chi connectivity index (χ0n) is 17.1. The zero-order chi connectivity index (χ0) is 22.7. The second kappa shape index (κ2) is 10.1. The standard InChI is InChI=1S/C23H21Cl2FN2O3S/c24-14-3-8-20-21(10-14)32-23(28-20)22(30)27-15-4-1-13(2-5-15)9-16(29)12-31-17-6-7-18(25)19(26)11-17/h3,6-8,10-11,13,15H,1-2,4-5,9,12H2,(H,27,30). The molecule has 1 amide bonds. The largest absolute Gasteiger partial charge is 0.486 e. The van der Waals surface area contributed by atoms with Crippen molar-refractivity contribution < 1.29 is 18.7 Å². The molecule has 1 aromatic heterocycles. The number of nitrogens with zero attached hydrogens (tertiary/aromatic N) is 1. The summed E-state index contributed by atoms with van der Waals surface area (Å²) in [5.74, 6) is -0.243. The first-order chi connectivity index (χ1) is 15.4. The fourth-order valence-corrected chi connectivity index (χ4v) is 5.13. The highest BCUT2D eigenvalue weighted by molar-refractivity contribution is 7.20. The molecule has 0 radical (unpaired) electrons. The Kier molecular flexibility index (Phi) is 7.28. The van der Waals surface area contributed by atoms with E-state index in [-0.39, 0.29) is 41.0 Å². The molecule has 0 aliphatic heterocycles. The van der Waals surface area contributed by atoms with Crippen LogP contribution in [0, 0.1) is 11.7 Å². The molecule has 3 aromatic rings. The van der Waals surface area contributed by atoms with Crippen LogP contribution in [0.2, 0.25) is 10.0 Å². The van der Waals surface area contributed by atoms with Crippen LogP contribution in [-0.4, -0.2) is 29.3 Å². The smallest absolute Gasteiger partial charge is 0.280 e. The van der Waals surface area contributed by atoms with Gasteiger partial charge in [0.15, 0.2) is 10.8 Å². The number of aromatic nitrogens is 1. The van der Waals surface area contributed by atoms with Gasteiger partial charge in [-0.1, -0.05) is 23.2 Å². The quantitative estimate of drug-likeness (QED) is 0.432. The van der Waals surface area contributed by atoms with Crippen LogP contribution in [0.25, 0.3) is 10.2 Å². The third-order valence-electron chi connectivity index (χ3n) is 5.53. The molecular weight excluding hydrogens is 474 g/mol. The molecule has 1 N–H and O–H groups in total. The summed E-state index contributed by atoms with van der Waals surface area (Å²) in [4.78, 5) is 29.2. The molecule has 168 valence electrons. The molecule has 0 bridgehead atoms. The van der Waals surface area contributed by atoms with Gasteiger partial charge in [0.2, 0.25) is 0 Å². The molecule has 1 aliphatic rings. The second-order valence-corrected chi connectivity index (χ2v) is 9.80. The summed E-state index contributed by atoms with van der Waals surface area (Å²) in [5.41, 5.74) is 0.760. The Balaban J connectivity index is 1.21. The topological polar surface area (TPSA) is 68.3 Å². The highest BCUT2D eigenvalue weighted by atomic mass is 35.5. The summed E-state index contributed by atoms with van der Waals surface area (Å²) < 4.78 is 19.7. The fraction of sp³-hybridized carbons (Fsp3) is 0.348. The van der Waals surface area contributed by atoms with E-state index in [4.69, 9.17) is 27.9 Å². The van der Waals surface area contributed by atoms with Gasteiger partial charge in [0.1, 0.15) is 18.2 Å². The molecule has 0 atom stereocenters. The van der Waals surface area contributed by atoms with Crippen LogP contribution in [-0.2, 0) is 4.79 Å². The maximum absolute atomic E-state index is 13.4. The monoisotopic (exact) mass is 494 g/mol. The number of thiazole rings is 1. The number of halogens is 3. The van der Waals surface area contributed by atoms with Crippen LogP contribution in [0.1, 0.15) is 41.9 Å². The highest BCUT2D eigenvalue weighted by Gasteiger charge is 2.25. The summed E-state index contributed by atoms with van der Waals surface area (Å²) in [6.07, 6.45) is 3.73. The summed E-state index contributed by atoms with van der Waals surface area (Å²) in [5, 5.41) is 4.12. The van der Waals surface area contributed by atoms with Gasteiger partial charge in [0.05, 0.1) is 15.2 Å². The van der Waals surface area contributed by atoms with Crippen molar-refractivity contribution in [1.29, 1.82) is 0 Å². The summed E-state index contributed by atoms with van der Waals surface area (Å²) in [7, 11) is 0. The number of ketones is 1. The number of Topliss-reactive ketones (excluding diaryl/α,β-unsaturated/α-hetero) is 1. The number of hydrogen-bond donors (Lipinski definition) is 1. The molecule has 0 spiro atoms. The van der Waals surface area contributed by atoms with Crippen LogP contribution in [0.15, 0.2) is 36.4 Å². The van der Waals surface area contributed by atoms with E-state index in [1.54, 1.807) is 18.2 Å². The van der Waals surface area contributed by atoms with Crippen LogP contribution < -0.4 is 10.1 Å². The number of nitrogens with one attached hydrogen (secondary N) is 1. The Bertz CT molecular complexity index is 1150.